The summed E-state index contributed by atoms with van der Waals surface area (Å²) >= 11 is 0. The normalized spacial score (nSPS) is 10.4. The Morgan fingerprint density at radius 1 is 0.765 bits per heavy atom. The summed E-state index contributed by atoms with van der Waals surface area (Å²) in [6.07, 6.45) is 0. The van der Waals surface area contributed by atoms with E-state index in [0.717, 1.165) is 16.7 Å². The van der Waals surface area contributed by atoms with Crippen molar-refractivity contribution in [3.8, 4) is 11.1 Å². The van der Waals surface area contributed by atoms with E-state index < -0.39 is 11.9 Å². The molecule has 0 radical (unpaired) electrons. The molecule has 0 aliphatic carbocycles. The third-order valence-corrected chi connectivity index (χ3v) is 5.26. The molecule has 1 amide bonds. The minimum absolute atomic E-state index is 0.0576. The second kappa shape index (κ2) is 10.3. The van der Waals surface area contributed by atoms with Gasteiger partial charge < -0.3 is 15.8 Å². The lowest BCUT2D eigenvalue weighted by Gasteiger charge is -2.13. The first-order valence-corrected chi connectivity index (χ1v) is 10.7. The van der Waals surface area contributed by atoms with Crippen molar-refractivity contribution in [1.82, 2.24) is 0 Å². The number of anilines is 1. The summed E-state index contributed by atoms with van der Waals surface area (Å²) in [4.78, 5) is 26.2. The number of amides is 1. The molecule has 0 atom stereocenters. The molecule has 0 spiro atoms. The molecule has 34 heavy (non-hydrogen) atoms. The fourth-order valence-corrected chi connectivity index (χ4v) is 3.45. The van der Waals surface area contributed by atoms with E-state index in [1.54, 1.807) is 42.5 Å². The van der Waals surface area contributed by atoms with E-state index in [-0.39, 0.29) is 23.6 Å². The lowest BCUT2D eigenvalue weighted by molar-refractivity contribution is 0.0470. The molecule has 0 aliphatic heterocycles. The number of carbonyl (C=O) groups excluding carboxylic acids is 2. The minimum Gasteiger partial charge on any atom is -0.457 e. The van der Waals surface area contributed by atoms with Crippen LogP contribution in [-0.4, -0.2) is 17.7 Å². The predicted molar refractivity (Wildman–Crippen MR) is 133 cm³/mol. The number of nitrogens with one attached hydrogen (secondary N) is 2. The molecule has 6 nitrogen and oxygen atoms in total. The van der Waals surface area contributed by atoms with Crippen LogP contribution < -0.4 is 11.1 Å². The van der Waals surface area contributed by atoms with Gasteiger partial charge in [-0.3, -0.25) is 10.2 Å². The Balaban J connectivity index is 1.62. The maximum atomic E-state index is 13.1. The van der Waals surface area contributed by atoms with Crippen LogP contribution in [0.1, 0.15) is 31.8 Å². The van der Waals surface area contributed by atoms with E-state index in [9.17, 15) is 9.59 Å². The Labute approximate surface area is 197 Å². The lowest BCUT2D eigenvalue weighted by atomic mass is 9.98. The molecule has 4 rings (SSSR count). The van der Waals surface area contributed by atoms with Gasteiger partial charge in [0.1, 0.15) is 12.4 Å². The molecule has 4 N–H and O–H groups in total. The number of nitrogens with two attached hydrogens (primary N) is 1. The summed E-state index contributed by atoms with van der Waals surface area (Å²) < 4.78 is 5.53. The molecule has 4 aromatic rings. The summed E-state index contributed by atoms with van der Waals surface area (Å²) in [5, 5.41) is 10.3. The van der Waals surface area contributed by atoms with Crippen molar-refractivity contribution >= 4 is 23.4 Å². The van der Waals surface area contributed by atoms with Gasteiger partial charge in [-0.05, 0) is 53.1 Å². The Morgan fingerprint density at radius 2 is 1.41 bits per heavy atom. The van der Waals surface area contributed by atoms with Crippen LogP contribution >= 0.6 is 0 Å². The van der Waals surface area contributed by atoms with E-state index in [0.29, 0.717) is 11.3 Å². The van der Waals surface area contributed by atoms with Crippen LogP contribution in [0.3, 0.4) is 0 Å². The number of rotatable bonds is 7. The number of hydrogen-bond donors (Lipinski definition) is 3. The summed E-state index contributed by atoms with van der Waals surface area (Å²) in [6, 6.07) is 30.7. The molecule has 0 bridgehead atoms. The Hall–Kier alpha value is -4.71. The summed E-state index contributed by atoms with van der Waals surface area (Å²) in [6.45, 7) is 0.100. The number of amidine groups is 1. The Bertz CT molecular complexity index is 1320. The van der Waals surface area contributed by atoms with E-state index in [4.69, 9.17) is 15.9 Å². The fraction of sp³-hybridized carbons (Fsp3) is 0.0357. The van der Waals surface area contributed by atoms with Crippen molar-refractivity contribution in [1.29, 1.82) is 5.41 Å². The molecule has 0 aliphatic rings. The Kier molecular flexibility index (Phi) is 6.79. The van der Waals surface area contributed by atoms with E-state index in [1.165, 1.54) is 0 Å². The molecule has 0 heterocycles. The smallest absolute Gasteiger partial charge is 0.339 e. The van der Waals surface area contributed by atoms with Gasteiger partial charge in [0.15, 0.2) is 0 Å². The summed E-state index contributed by atoms with van der Waals surface area (Å²) in [5.74, 6) is -1.08. The van der Waals surface area contributed by atoms with Gasteiger partial charge in [-0.2, -0.15) is 0 Å². The van der Waals surface area contributed by atoms with Crippen molar-refractivity contribution in [2.75, 3.05) is 5.32 Å². The number of carbonyl (C=O) groups is 2. The number of ether oxygens (including phenoxy) is 1. The number of esters is 1. The van der Waals surface area contributed by atoms with E-state index in [1.807, 2.05) is 60.7 Å². The van der Waals surface area contributed by atoms with Gasteiger partial charge in [0, 0.05) is 11.3 Å². The van der Waals surface area contributed by atoms with Crippen molar-refractivity contribution in [3.05, 3.63) is 125 Å². The predicted octanol–water partition coefficient (Wildman–Crippen LogP) is 5.25. The zero-order chi connectivity index (χ0) is 23.9. The van der Waals surface area contributed by atoms with Crippen LogP contribution in [0.15, 0.2) is 103 Å². The molecular formula is C28H23N3O3. The highest BCUT2D eigenvalue weighted by Crippen LogP contribution is 2.24. The van der Waals surface area contributed by atoms with Crippen LogP contribution in [0.25, 0.3) is 11.1 Å². The lowest BCUT2D eigenvalue weighted by Crippen LogP contribution is -2.18. The van der Waals surface area contributed by atoms with Crippen molar-refractivity contribution in [2.24, 2.45) is 5.73 Å². The van der Waals surface area contributed by atoms with Crippen molar-refractivity contribution in [2.45, 2.75) is 6.61 Å². The molecule has 0 aromatic heterocycles. The maximum Gasteiger partial charge on any atom is 0.339 e. The fourth-order valence-electron chi connectivity index (χ4n) is 3.45. The molecule has 0 unspecified atom stereocenters. The minimum atomic E-state index is -0.585. The first-order chi connectivity index (χ1) is 16.5. The standard InChI is InChI=1S/C28H23N3O3/c29-26(30)21-11-14-23(15-12-21)31-27(32)24-16-13-22(20-9-5-2-6-10-20)17-25(24)28(33)34-18-19-7-3-1-4-8-19/h1-17H,18H2,(H3,29,30)(H,31,32). The molecule has 4 aromatic carbocycles. The second-order valence-electron chi connectivity index (χ2n) is 7.63. The van der Waals surface area contributed by atoms with Gasteiger partial charge in [-0.1, -0.05) is 66.7 Å². The van der Waals surface area contributed by atoms with Crippen molar-refractivity contribution in [3.63, 3.8) is 0 Å². The van der Waals surface area contributed by atoms with Gasteiger partial charge >= 0.3 is 5.97 Å². The summed E-state index contributed by atoms with van der Waals surface area (Å²) in [7, 11) is 0. The SMILES string of the molecule is N=C(N)c1ccc(NC(=O)c2ccc(-c3ccccc3)cc2C(=O)OCc2ccccc2)cc1. The monoisotopic (exact) mass is 449 g/mol. The number of hydrogen-bond acceptors (Lipinski definition) is 4. The summed E-state index contributed by atoms with van der Waals surface area (Å²) in [5.41, 5.74) is 9.51. The van der Waals surface area contributed by atoms with Gasteiger partial charge in [0.25, 0.3) is 5.91 Å². The molecule has 6 heteroatoms. The molecule has 0 saturated heterocycles. The maximum absolute atomic E-state index is 13.1. The largest absolute Gasteiger partial charge is 0.457 e. The third kappa shape index (κ3) is 5.37. The zero-order valence-electron chi connectivity index (χ0n) is 18.3. The van der Waals surface area contributed by atoms with Gasteiger partial charge in [-0.25, -0.2) is 4.79 Å². The van der Waals surface area contributed by atoms with Gasteiger partial charge in [0.2, 0.25) is 0 Å². The van der Waals surface area contributed by atoms with E-state index >= 15 is 0 Å². The molecule has 168 valence electrons. The first-order valence-electron chi connectivity index (χ1n) is 10.7. The first kappa shape index (κ1) is 22.5. The van der Waals surface area contributed by atoms with E-state index in [2.05, 4.69) is 5.32 Å². The van der Waals surface area contributed by atoms with Crippen LogP contribution in [0.5, 0.6) is 0 Å². The van der Waals surface area contributed by atoms with Crippen molar-refractivity contribution < 1.29 is 14.3 Å². The molecule has 0 saturated carbocycles. The van der Waals surface area contributed by atoms with Crippen LogP contribution in [-0.2, 0) is 11.3 Å². The third-order valence-electron chi connectivity index (χ3n) is 5.26. The highest BCUT2D eigenvalue weighted by molar-refractivity contribution is 6.11. The average Bonchev–Trinajstić information content (AvgIpc) is 2.88. The van der Waals surface area contributed by atoms with Gasteiger partial charge in [0.05, 0.1) is 11.1 Å². The highest BCUT2D eigenvalue weighted by atomic mass is 16.5. The van der Waals surface area contributed by atoms with Crippen LogP contribution in [0.4, 0.5) is 5.69 Å². The average molecular weight is 450 g/mol. The van der Waals surface area contributed by atoms with Crippen LogP contribution in [0.2, 0.25) is 0 Å². The van der Waals surface area contributed by atoms with Crippen LogP contribution in [0, 0.1) is 5.41 Å². The number of benzene rings is 4. The quantitative estimate of drug-likeness (QED) is 0.204. The zero-order valence-corrected chi connectivity index (χ0v) is 18.3. The second-order valence-corrected chi connectivity index (χ2v) is 7.63. The molecular weight excluding hydrogens is 426 g/mol. The van der Waals surface area contributed by atoms with Gasteiger partial charge in [-0.15, -0.1) is 0 Å². The Morgan fingerprint density at radius 3 is 2.06 bits per heavy atom. The topological polar surface area (TPSA) is 105 Å². The highest BCUT2D eigenvalue weighted by Gasteiger charge is 2.20. The molecule has 0 fully saturated rings. The number of nitrogen functional groups attached to an aromatic ring is 1.